The van der Waals surface area contributed by atoms with Crippen LogP contribution in [0.5, 0.6) is 0 Å². The van der Waals surface area contributed by atoms with E-state index in [-0.39, 0.29) is 0 Å². The third-order valence-corrected chi connectivity index (χ3v) is 4.66. The van der Waals surface area contributed by atoms with Crippen molar-refractivity contribution in [3.05, 3.63) is 0 Å². The third kappa shape index (κ3) is 2.32. The van der Waals surface area contributed by atoms with Crippen LogP contribution in [0.1, 0.15) is 72.6 Å². The molecule has 0 heterocycles. The number of unbranched alkanes of at least 4 members (excludes halogenated alkanes) is 1. The molecule has 0 bridgehead atoms. The first-order valence-corrected chi connectivity index (χ1v) is 6.63. The van der Waals surface area contributed by atoms with Crippen LogP contribution in [-0.2, 0) is 0 Å². The minimum absolute atomic E-state index is 0.689. The van der Waals surface area contributed by atoms with Gasteiger partial charge >= 0.3 is 0 Å². The first kappa shape index (κ1) is 12.1. The summed E-state index contributed by atoms with van der Waals surface area (Å²) < 4.78 is 0. The first-order valence-electron chi connectivity index (χ1n) is 6.63. The lowest BCUT2D eigenvalue weighted by Gasteiger charge is -2.46. The maximum Gasteiger partial charge on any atom is -0.0249 e. The van der Waals surface area contributed by atoms with Crippen LogP contribution < -0.4 is 0 Å². The van der Waals surface area contributed by atoms with Gasteiger partial charge in [-0.3, -0.25) is 0 Å². The van der Waals surface area contributed by atoms with E-state index in [1.54, 1.807) is 0 Å². The van der Waals surface area contributed by atoms with Crippen LogP contribution in [0.15, 0.2) is 0 Å². The highest BCUT2D eigenvalue weighted by atomic mass is 14.4. The molecule has 1 aliphatic carbocycles. The Morgan fingerprint density at radius 3 is 2.50 bits per heavy atom. The molecule has 0 amide bonds. The Hall–Kier alpha value is 0. The van der Waals surface area contributed by atoms with Crippen LogP contribution in [0.4, 0.5) is 0 Å². The second-order valence-electron chi connectivity index (χ2n) is 5.64. The normalized spacial score (nSPS) is 33.6. The van der Waals surface area contributed by atoms with Gasteiger partial charge in [-0.15, -0.1) is 0 Å². The fourth-order valence-corrected chi connectivity index (χ4v) is 3.46. The molecule has 0 heteroatoms. The Bertz CT molecular complexity index is 159. The van der Waals surface area contributed by atoms with Crippen LogP contribution >= 0.6 is 0 Å². The molecule has 14 heavy (non-hydrogen) atoms. The molecule has 0 aromatic heterocycles. The number of hydrogen-bond donors (Lipinski definition) is 0. The fourth-order valence-electron chi connectivity index (χ4n) is 3.46. The van der Waals surface area contributed by atoms with E-state index in [2.05, 4.69) is 27.7 Å². The number of rotatable bonds is 4. The van der Waals surface area contributed by atoms with E-state index in [0.717, 1.165) is 11.8 Å². The minimum atomic E-state index is 0.689. The molecule has 0 nitrogen and oxygen atoms in total. The molecular formula is C14H28. The highest BCUT2D eigenvalue weighted by Crippen LogP contribution is 2.49. The van der Waals surface area contributed by atoms with Gasteiger partial charge in [0.25, 0.3) is 0 Å². The maximum absolute atomic E-state index is 2.49. The molecule has 1 fully saturated rings. The topological polar surface area (TPSA) is 0 Å². The van der Waals surface area contributed by atoms with Crippen LogP contribution in [0.25, 0.3) is 0 Å². The van der Waals surface area contributed by atoms with E-state index in [4.69, 9.17) is 0 Å². The van der Waals surface area contributed by atoms with Crippen molar-refractivity contribution in [2.75, 3.05) is 0 Å². The van der Waals surface area contributed by atoms with Gasteiger partial charge in [0.15, 0.2) is 0 Å². The molecule has 0 saturated heterocycles. The molecular weight excluding hydrogens is 168 g/mol. The zero-order valence-electron chi connectivity index (χ0n) is 10.6. The Labute approximate surface area is 90.5 Å². The van der Waals surface area contributed by atoms with Crippen molar-refractivity contribution in [2.24, 2.45) is 17.3 Å². The lowest BCUT2D eigenvalue weighted by Crippen LogP contribution is -2.37. The number of hydrogen-bond acceptors (Lipinski definition) is 0. The lowest BCUT2D eigenvalue weighted by molar-refractivity contribution is 0.0383. The smallest absolute Gasteiger partial charge is 0.0249 e. The standard InChI is InChI=1S/C14H28/c1-5-6-10-14(12(2)3)11-8-7-9-13(14)4/h12-13H,5-11H2,1-4H3. The monoisotopic (exact) mass is 196 g/mol. The summed E-state index contributed by atoms with van der Waals surface area (Å²) in [5.74, 6) is 1.84. The summed E-state index contributed by atoms with van der Waals surface area (Å²) in [7, 11) is 0. The molecule has 0 spiro atoms. The van der Waals surface area contributed by atoms with Gasteiger partial charge in [-0.1, -0.05) is 59.8 Å². The van der Waals surface area contributed by atoms with Crippen molar-refractivity contribution < 1.29 is 0 Å². The molecule has 0 radical (unpaired) electrons. The third-order valence-electron chi connectivity index (χ3n) is 4.66. The van der Waals surface area contributed by atoms with Gasteiger partial charge in [0, 0.05) is 0 Å². The highest BCUT2D eigenvalue weighted by Gasteiger charge is 2.39. The molecule has 1 aliphatic rings. The summed E-state index contributed by atoms with van der Waals surface area (Å²) in [6.07, 6.45) is 10.2. The van der Waals surface area contributed by atoms with Crippen LogP contribution in [-0.4, -0.2) is 0 Å². The van der Waals surface area contributed by atoms with Gasteiger partial charge < -0.3 is 0 Å². The quantitative estimate of drug-likeness (QED) is 0.591. The van der Waals surface area contributed by atoms with Crippen molar-refractivity contribution in [2.45, 2.75) is 72.6 Å². The minimum Gasteiger partial charge on any atom is -0.0654 e. The molecule has 0 N–H and O–H groups in total. The van der Waals surface area contributed by atoms with Gasteiger partial charge in [-0.25, -0.2) is 0 Å². The summed E-state index contributed by atoms with van der Waals surface area (Å²) in [6.45, 7) is 9.70. The summed E-state index contributed by atoms with van der Waals surface area (Å²) >= 11 is 0. The van der Waals surface area contributed by atoms with Gasteiger partial charge in [0.05, 0.1) is 0 Å². The Morgan fingerprint density at radius 1 is 1.29 bits per heavy atom. The first-order chi connectivity index (χ1) is 6.63. The van der Waals surface area contributed by atoms with Crippen LogP contribution in [0, 0.1) is 17.3 Å². The Kier molecular flexibility index (Phi) is 4.47. The molecule has 1 saturated carbocycles. The van der Waals surface area contributed by atoms with E-state index >= 15 is 0 Å². The van der Waals surface area contributed by atoms with E-state index in [9.17, 15) is 0 Å². The molecule has 1 rings (SSSR count). The SMILES string of the molecule is CCCCC1(C(C)C)CCCCC1C. The van der Waals surface area contributed by atoms with Crippen molar-refractivity contribution in [1.82, 2.24) is 0 Å². The van der Waals surface area contributed by atoms with Crippen LogP contribution in [0.2, 0.25) is 0 Å². The Morgan fingerprint density at radius 2 is 2.00 bits per heavy atom. The molecule has 2 atom stereocenters. The van der Waals surface area contributed by atoms with Crippen molar-refractivity contribution in [3.8, 4) is 0 Å². The predicted octanol–water partition coefficient (Wildman–Crippen LogP) is 5.03. The molecule has 0 aromatic rings. The fraction of sp³-hybridized carbons (Fsp3) is 1.00. The van der Waals surface area contributed by atoms with Crippen molar-refractivity contribution >= 4 is 0 Å². The maximum atomic E-state index is 2.49. The molecule has 2 unspecified atom stereocenters. The summed E-state index contributed by atoms with van der Waals surface area (Å²) in [5, 5.41) is 0. The van der Waals surface area contributed by atoms with Crippen molar-refractivity contribution in [1.29, 1.82) is 0 Å². The zero-order valence-corrected chi connectivity index (χ0v) is 10.6. The van der Waals surface area contributed by atoms with Gasteiger partial charge in [0.1, 0.15) is 0 Å². The van der Waals surface area contributed by atoms with Gasteiger partial charge in [-0.2, -0.15) is 0 Å². The summed E-state index contributed by atoms with van der Waals surface area (Å²) in [6, 6.07) is 0. The summed E-state index contributed by atoms with van der Waals surface area (Å²) in [4.78, 5) is 0. The van der Waals surface area contributed by atoms with E-state index in [1.165, 1.54) is 44.9 Å². The largest absolute Gasteiger partial charge is 0.0654 e. The van der Waals surface area contributed by atoms with E-state index in [0.29, 0.717) is 5.41 Å². The molecule has 84 valence electrons. The highest BCUT2D eigenvalue weighted by molar-refractivity contribution is 4.89. The van der Waals surface area contributed by atoms with Gasteiger partial charge in [0.2, 0.25) is 0 Å². The zero-order chi connectivity index (χ0) is 10.6. The Balaban J connectivity index is 2.67. The summed E-state index contributed by atoms with van der Waals surface area (Å²) in [5.41, 5.74) is 0.689. The second kappa shape index (κ2) is 5.19. The molecule has 0 aliphatic heterocycles. The van der Waals surface area contributed by atoms with Crippen LogP contribution in [0.3, 0.4) is 0 Å². The predicted molar refractivity (Wildman–Crippen MR) is 64.4 cm³/mol. The average Bonchev–Trinajstić information content (AvgIpc) is 2.16. The van der Waals surface area contributed by atoms with E-state index in [1.807, 2.05) is 0 Å². The molecule has 0 aromatic carbocycles. The average molecular weight is 196 g/mol. The van der Waals surface area contributed by atoms with Crippen molar-refractivity contribution in [3.63, 3.8) is 0 Å². The van der Waals surface area contributed by atoms with Gasteiger partial charge in [-0.05, 0) is 30.1 Å². The lowest BCUT2D eigenvalue weighted by atomic mass is 9.59. The second-order valence-corrected chi connectivity index (χ2v) is 5.64. The van der Waals surface area contributed by atoms with E-state index < -0.39 is 0 Å².